The molecule has 1 aromatic carbocycles. The molecule has 1 aliphatic carbocycles. The maximum Gasteiger partial charge on any atom is 0.226 e. The summed E-state index contributed by atoms with van der Waals surface area (Å²) >= 11 is 0. The van der Waals surface area contributed by atoms with Crippen LogP contribution in [0.3, 0.4) is 0 Å². The SMILES string of the molecule is CC1(N(Cc2ccccc2)C(=O)C2CC2)CC=NCC1. The van der Waals surface area contributed by atoms with E-state index in [-0.39, 0.29) is 11.5 Å². The maximum atomic E-state index is 12.7. The summed E-state index contributed by atoms with van der Waals surface area (Å²) < 4.78 is 0. The largest absolute Gasteiger partial charge is 0.332 e. The molecule has 1 heterocycles. The number of aliphatic imine (C=N–C) groups is 1. The first kappa shape index (κ1) is 13.3. The lowest BCUT2D eigenvalue weighted by Crippen LogP contribution is -2.51. The standard InChI is InChI=1S/C17H22N2O/c1-17(9-11-18-12-10-17)19(16(20)15-7-8-15)13-14-5-3-2-4-6-14/h2-6,11,15H,7-10,12-13H2,1H3. The van der Waals surface area contributed by atoms with Crippen molar-refractivity contribution in [2.45, 2.75) is 44.7 Å². The second-order valence-electron chi connectivity index (χ2n) is 6.22. The zero-order valence-electron chi connectivity index (χ0n) is 12.1. The fraction of sp³-hybridized carbons (Fsp3) is 0.529. The van der Waals surface area contributed by atoms with Crippen molar-refractivity contribution in [3.8, 4) is 0 Å². The van der Waals surface area contributed by atoms with Crippen LogP contribution in [0.4, 0.5) is 0 Å². The number of amides is 1. The molecule has 1 atom stereocenters. The Kier molecular flexibility index (Phi) is 3.60. The van der Waals surface area contributed by atoms with E-state index in [0.717, 1.165) is 38.8 Å². The number of benzene rings is 1. The van der Waals surface area contributed by atoms with Crippen molar-refractivity contribution in [1.29, 1.82) is 0 Å². The molecular formula is C17H22N2O. The van der Waals surface area contributed by atoms with Gasteiger partial charge in [-0.1, -0.05) is 30.3 Å². The molecule has 20 heavy (non-hydrogen) atoms. The van der Waals surface area contributed by atoms with Crippen molar-refractivity contribution in [2.24, 2.45) is 10.9 Å². The van der Waals surface area contributed by atoms with Gasteiger partial charge in [0.2, 0.25) is 5.91 Å². The van der Waals surface area contributed by atoms with Crippen LogP contribution < -0.4 is 0 Å². The van der Waals surface area contributed by atoms with E-state index in [4.69, 9.17) is 0 Å². The smallest absolute Gasteiger partial charge is 0.226 e. The molecule has 1 aliphatic heterocycles. The lowest BCUT2D eigenvalue weighted by Gasteiger charge is -2.42. The van der Waals surface area contributed by atoms with Crippen LogP contribution in [0.25, 0.3) is 0 Å². The van der Waals surface area contributed by atoms with Crippen molar-refractivity contribution < 1.29 is 4.79 Å². The Hall–Kier alpha value is -1.64. The molecule has 0 N–H and O–H groups in total. The molecule has 2 aliphatic rings. The van der Waals surface area contributed by atoms with Gasteiger partial charge in [-0.2, -0.15) is 0 Å². The second-order valence-corrected chi connectivity index (χ2v) is 6.22. The van der Waals surface area contributed by atoms with Gasteiger partial charge in [0.25, 0.3) is 0 Å². The van der Waals surface area contributed by atoms with E-state index in [2.05, 4.69) is 28.9 Å². The first-order chi connectivity index (χ1) is 9.69. The summed E-state index contributed by atoms with van der Waals surface area (Å²) in [4.78, 5) is 19.1. The normalized spacial score (nSPS) is 25.4. The van der Waals surface area contributed by atoms with Gasteiger partial charge in [0.1, 0.15) is 0 Å². The molecular weight excluding hydrogens is 248 g/mol. The molecule has 106 valence electrons. The molecule has 1 fully saturated rings. The zero-order chi connectivity index (χ0) is 14.0. The van der Waals surface area contributed by atoms with Gasteiger partial charge in [0.15, 0.2) is 0 Å². The summed E-state index contributed by atoms with van der Waals surface area (Å²) in [6, 6.07) is 10.3. The van der Waals surface area contributed by atoms with Crippen LogP contribution in [0, 0.1) is 5.92 Å². The average molecular weight is 270 g/mol. The number of hydrogen-bond donors (Lipinski definition) is 0. The molecule has 3 nitrogen and oxygen atoms in total. The predicted molar refractivity (Wildman–Crippen MR) is 80.7 cm³/mol. The Morgan fingerprint density at radius 2 is 2.10 bits per heavy atom. The van der Waals surface area contributed by atoms with Gasteiger partial charge in [0.05, 0.1) is 0 Å². The zero-order valence-corrected chi connectivity index (χ0v) is 12.1. The number of carbonyl (C=O) groups is 1. The monoisotopic (exact) mass is 270 g/mol. The van der Waals surface area contributed by atoms with Gasteiger partial charge < -0.3 is 4.90 Å². The molecule has 1 amide bonds. The minimum Gasteiger partial charge on any atom is -0.332 e. The van der Waals surface area contributed by atoms with Crippen LogP contribution in [0.15, 0.2) is 35.3 Å². The Labute approximate surface area is 120 Å². The lowest BCUT2D eigenvalue weighted by molar-refractivity contribution is -0.139. The predicted octanol–water partition coefficient (Wildman–Crippen LogP) is 3.05. The summed E-state index contributed by atoms with van der Waals surface area (Å²) in [6.07, 6.45) is 5.96. The molecule has 0 spiro atoms. The third-order valence-corrected chi connectivity index (χ3v) is 4.47. The minimum absolute atomic E-state index is 0.0722. The molecule has 1 unspecified atom stereocenters. The maximum absolute atomic E-state index is 12.7. The van der Waals surface area contributed by atoms with Crippen LogP contribution in [0.5, 0.6) is 0 Å². The molecule has 1 saturated carbocycles. The molecule has 0 saturated heterocycles. The highest BCUT2D eigenvalue weighted by molar-refractivity contribution is 5.82. The third-order valence-electron chi connectivity index (χ3n) is 4.47. The van der Waals surface area contributed by atoms with E-state index in [1.807, 2.05) is 24.4 Å². The molecule has 0 bridgehead atoms. The van der Waals surface area contributed by atoms with Crippen LogP contribution in [0.2, 0.25) is 0 Å². The molecule has 3 rings (SSSR count). The highest BCUT2D eigenvalue weighted by Gasteiger charge is 2.41. The number of hydrogen-bond acceptors (Lipinski definition) is 2. The second kappa shape index (κ2) is 5.39. The summed E-state index contributed by atoms with van der Waals surface area (Å²) in [5, 5.41) is 0. The fourth-order valence-electron chi connectivity index (χ4n) is 2.86. The van der Waals surface area contributed by atoms with Gasteiger partial charge in [0, 0.05) is 37.2 Å². The number of carbonyl (C=O) groups excluding carboxylic acids is 1. The summed E-state index contributed by atoms with van der Waals surface area (Å²) in [5.74, 6) is 0.612. The summed E-state index contributed by atoms with van der Waals surface area (Å²) in [7, 11) is 0. The van der Waals surface area contributed by atoms with Gasteiger partial charge in [-0.3, -0.25) is 9.79 Å². The van der Waals surface area contributed by atoms with Crippen molar-refractivity contribution >= 4 is 12.1 Å². The van der Waals surface area contributed by atoms with Gasteiger partial charge in [-0.05, 0) is 31.7 Å². The lowest BCUT2D eigenvalue weighted by atomic mass is 9.89. The highest BCUT2D eigenvalue weighted by Crippen LogP contribution is 2.36. The van der Waals surface area contributed by atoms with Crippen LogP contribution in [-0.4, -0.2) is 29.1 Å². The van der Waals surface area contributed by atoms with E-state index in [0.29, 0.717) is 5.91 Å². The first-order valence-corrected chi connectivity index (χ1v) is 7.53. The van der Waals surface area contributed by atoms with Crippen molar-refractivity contribution in [3.05, 3.63) is 35.9 Å². The van der Waals surface area contributed by atoms with Crippen LogP contribution in [0.1, 0.15) is 38.2 Å². The van der Waals surface area contributed by atoms with E-state index in [1.54, 1.807) is 0 Å². The van der Waals surface area contributed by atoms with Crippen molar-refractivity contribution in [3.63, 3.8) is 0 Å². The quantitative estimate of drug-likeness (QED) is 0.827. The molecule has 3 heteroatoms. The Bertz CT molecular complexity index is 507. The third kappa shape index (κ3) is 2.77. The minimum atomic E-state index is -0.0722. The summed E-state index contributed by atoms with van der Waals surface area (Å²) in [5.41, 5.74) is 1.14. The van der Waals surface area contributed by atoms with Gasteiger partial charge in [-0.15, -0.1) is 0 Å². The Balaban J connectivity index is 1.83. The van der Waals surface area contributed by atoms with Gasteiger partial charge >= 0.3 is 0 Å². The number of nitrogens with zero attached hydrogens (tertiary/aromatic N) is 2. The fourth-order valence-corrected chi connectivity index (χ4v) is 2.86. The Morgan fingerprint density at radius 3 is 2.70 bits per heavy atom. The molecule has 0 radical (unpaired) electrons. The van der Waals surface area contributed by atoms with Crippen molar-refractivity contribution in [2.75, 3.05) is 6.54 Å². The molecule has 0 aromatic heterocycles. The highest BCUT2D eigenvalue weighted by atomic mass is 16.2. The summed E-state index contributed by atoms with van der Waals surface area (Å²) in [6.45, 7) is 3.77. The molecule has 1 aromatic rings. The number of rotatable bonds is 4. The topological polar surface area (TPSA) is 32.7 Å². The van der Waals surface area contributed by atoms with E-state index < -0.39 is 0 Å². The first-order valence-electron chi connectivity index (χ1n) is 7.53. The Morgan fingerprint density at radius 1 is 1.35 bits per heavy atom. The van der Waals surface area contributed by atoms with Crippen LogP contribution >= 0.6 is 0 Å². The van der Waals surface area contributed by atoms with Crippen LogP contribution in [-0.2, 0) is 11.3 Å². The van der Waals surface area contributed by atoms with Gasteiger partial charge in [-0.25, -0.2) is 0 Å². The van der Waals surface area contributed by atoms with E-state index >= 15 is 0 Å². The van der Waals surface area contributed by atoms with Crippen molar-refractivity contribution in [1.82, 2.24) is 4.90 Å². The average Bonchev–Trinajstić information content (AvgIpc) is 3.30. The van der Waals surface area contributed by atoms with E-state index in [1.165, 1.54) is 5.56 Å². The van der Waals surface area contributed by atoms with E-state index in [9.17, 15) is 4.79 Å².